The van der Waals surface area contributed by atoms with E-state index in [0.29, 0.717) is 18.3 Å². The highest BCUT2D eigenvalue weighted by molar-refractivity contribution is 7.99. The van der Waals surface area contributed by atoms with Gasteiger partial charge in [0.15, 0.2) is 5.16 Å². The van der Waals surface area contributed by atoms with Crippen LogP contribution in [0.3, 0.4) is 0 Å². The molecule has 4 aromatic rings. The predicted molar refractivity (Wildman–Crippen MR) is 131 cm³/mol. The van der Waals surface area contributed by atoms with E-state index in [0.717, 1.165) is 55.7 Å². The van der Waals surface area contributed by atoms with Gasteiger partial charge >= 0.3 is 0 Å². The van der Waals surface area contributed by atoms with Gasteiger partial charge < -0.3 is 4.74 Å². The van der Waals surface area contributed by atoms with Crippen LogP contribution in [-0.2, 0) is 17.8 Å². The first kappa shape index (κ1) is 21.7. The Bertz CT molecular complexity index is 1380. The fraction of sp³-hybridized carbons (Fsp3) is 0.458. The van der Waals surface area contributed by atoms with Crippen LogP contribution in [0.15, 0.2) is 34.2 Å². The number of aromatic nitrogens is 4. The first-order chi connectivity index (χ1) is 15.2. The Morgan fingerprint density at radius 3 is 2.84 bits per heavy atom. The zero-order chi connectivity index (χ0) is 22.6. The molecule has 0 fully saturated rings. The number of rotatable bonds is 5. The van der Waals surface area contributed by atoms with Crippen molar-refractivity contribution in [3.63, 3.8) is 0 Å². The summed E-state index contributed by atoms with van der Waals surface area (Å²) < 4.78 is 9.87. The smallest absolute Gasteiger partial charge is 0.268 e. The summed E-state index contributed by atoms with van der Waals surface area (Å²) in [6.45, 7) is 11.2. The zero-order valence-electron chi connectivity index (χ0n) is 19.1. The molecule has 8 heteroatoms. The van der Waals surface area contributed by atoms with Gasteiger partial charge in [-0.1, -0.05) is 37.7 Å². The van der Waals surface area contributed by atoms with E-state index < -0.39 is 0 Å². The lowest BCUT2D eigenvalue weighted by Gasteiger charge is -2.29. The molecule has 1 aliphatic rings. The van der Waals surface area contributed by atoms with Crippen LogP contribution in [0.4, 0.5) is 0 Å². The standard InChI is InChI=1S/C24H28N4O2S2/c1-14(2)9-10-31-23-26-25-22-27(16-8-6-7-15(3)11-16)20(29)19-17-12-24(4,5)30-13-18(17)32-21(19)28(22)23/h6-8,11,14H,9-10,12-13H2,1-5H3. The Hall–Kier alpha value is -2.16. The van der Waals surface area contributed by atoms with Crippen LogP contribution in [0.25, 0.3) is 21.7 Å². The fourth-order valence-electron chi connectivity index (χ4n) is 4.18. The van der Waals surface area contributed by atoms with Gasteiger partial charge in [-0.3, -0.25) is 4.79 Å². The normalized spacial score (nSPS) is 15.7. The maximum atomic E-state index is 14.0. The fourth-order valence-corrected chi connectivity index (χ4v) is 6.63. The van der Waals surface area contributed by atoms with Crippen LogP contribution in [0, 0.1) is 12.8 Å². The summed E-state index contributed by atoms with van der Waals surface area (Å²) in [5.41, 5.74) is 2.71. The molecule has 0 atom stereocenters. The monoisotopic (exact) mass is 468 g/mol. The third kappa shape index (κ3) is 3.68. The van der Waals surface area contributed by atoms with Gasteiger partial charge in [-0.05, 0) is 56.4 Å². The Morgan fingerprint density at radius 2 is 2.09 bits per heavy atom. The molecular weight excluding hydrogens is 440 g/mol. The second kappa shape index (κ2) is 8.01. The summed E-state index contributed by atoms with van der Waals surface area (Å²) in [5.74, 6) is 2.16. The SMILES string of the molecule is Cc1cccc(-n2c(=O)c3c4c(sc3n3c(SCCC(C)C)nnc23)COC(C)(C)C4)c1. The molecule has 0 saturated heterocycles. The molecule has 1 aliphatic heterocycles. The second-order valence-corrected chi connectivity index (χ2v) is 11.7. The topological polar surface area (TPSA) is 61.4 Å². The molecule has 5 rings (SSSR count). The lowest BCUT2D eigenvalue weighted by Crippen LogP contribution is -2.32. The number of hydrogen-bond acceptors (Lipinski definition) is 6. The van der Waals surface area contributed by atoms with E-state index in [-0.39, 0.29) is 11.2 Å². The van der Waals surface area contributed by atoms with E-state index in [1.54, 1.807) is 27.7 Å². The van der Waals surface area contributed by atoms with Gasteiger partial charge in [0, 0.05) is 17.1 Å². The summed E-state index contributed by atoms with van der Waals surface area (Å²) in [5, 5.41) is 10.6. The molecule has 0 unspecified atom stereocenters. The van der Waals surface area contributed by atoms with Crippen molar-refractivity contribution in [1.29, 1.82) is 0 Å². The number of benzene rings is 1. The van der Waals surface area contributed by atoms with E-state index >= 15 is 0 Å². The first-order valence-electron chi connectivity index (χ1n) is 11.0. The minimum atomic E-state index is -0.293. The largest absolute Gasteiger partial charge is 0.370 e. The highest BCUT2D eigenvalue weighted by Crippen LogP contribution is 2.39. The van der Waals surface area contributed by atoms with Crippen LogP contribution in [-0.4, -0.2) is 30.5 Å². The maximum absolute atomic E-state index is 14.0. The number of ether oxygens (including phenoxy) is 1. The number of thioether (sulfide) groups is 1. The van der Waals surface area contributed by atoms with Crippen LogP contribution < -0.4 is 5.56 Å². The summed E-state index contributed by atoms with van der Waals surface area (Å²) in [7, 11) is 0. The summed E-state index contributed by atoms with van der Waals surface area (Å²) >= 11 is 3.35. The molecule has 0 radical (unpaired) electrons. The Morgan fingerprint density at radius 1 is 1.28 bits per heavy atom. The highest BCUT2D eigenvalue weighted by atomic mass is 32.2. The van der Waals surface area contributed by atoms with Crippen LogP contribution in [0.5, 0.6) is 0 Å². The molecule has 0 saturated carbocycles. The number of nitrogens with zero attached hydrogens (tertiary/aromatic N) is 4. The summed E-state index contributed by atoms with van der Waals surface area (Å²) in [6, 6.07) is 8.01. The van der Waals surface area contributed by atoms with Crippen molar-refractivity contribution in [3.8, 4) is 5.69 Å². The summed E-state index contributed by atoms with van der Waals surface area (Å²) in [4.78, 5) is 16.0. The third-order valence-electron chi connectivity index (χ3n) is 5.89. The van der Waals surface area contributed by atoms with Crippen molar-refractivity contribution in [1.82, 2.24) is 19.2 Å². The Balaban J connectivity index is 1.82. The average Bonchev–Trinajstić information content (AvgIpc) is 3.28. The average molecular weight is 469 g/mol. The molecule has 0 amide bonds. The van der Waals surface area contributed by atoms with E-state index in [4.69, 9.17) is 4.74 Å². The van der Waals surface area contributed by atoms with Gasteiger partial charge in [-0.25, -0.2) is 8.97 Å². The molecule has 3 aromatic heterocycles. The molecule has 0 bridgehead atoms. The lowest BCUT2D eigenvalue weighted by molar-refractivity contribution is -0.0379. The third-order valence-corrected chi connectivity index (χ3v) is 8.04. The maximum Gasteiger partial charge on any atom is 0.268 e. The second-order valence-electron chi connectivity index (χ2n) is 9.54. The molecule has 4 heterocycles. The van der Waals surface area contributed by atoms with Crippen molar-refractivity contribution in [2.45, 2.75) is 64.8 Å². The van der Waals surface area contributed by atoms with Crippen molar-refractivity contribution >= 4 is 39.1 Å². The van der Waals surface area contributed by atoms with Crippen molar-refractivity contribution in [3.05, 3.63) is 50.6 Å². The molecule has 1 aromatic carbocycles. The number of aryl methyl sites for hydroxylation is 1. The Kier molecular flexibility index (Phi) is 5.42. The van der Waals surface area contributed by atoms with Crippen molar-refractivity contribution < 1.29 is 4.74 Å². The summed E-state index contributed by atoms with van der Waals surface area (Å²) in [6.07, 6.45) is 1.82. The van der Waals surface area contributed by atoms with Gasteiger partial charge in [0.25, 0.3) is 5.56 Å². The number of hydrogen-bond donors (Lipinski definition) is 0. The number of thiophene rings is 1. The van der Waals surface area contributed by atoms with Gasteiger partial charge in [0.1, 0.15) is 4.83 Å². The zero-order valence-corrected chi connectivity index (χ0v) is 20.8. The van der Waals surface area contributed by atoms with E-state index in [2.05, 4.69) is 42.3 Å². The first-order valence-corrected chi connectivity index (χ1v) is 12.8. The molecular formula is C24H28N4O2S2. The molecule has 0 spiro atoms. The molecule has 168 valence electrons. The van der Waals surface area contributed by atoms with Crippen LogP contribution in [0.1, 0.15) is 50.1 Å². The molecule has 0 aliphatic carbocycles. The molecule has 32 heavy (non-hydrogen) atoms. The van der Waals surface area contributed by atoms with Crippen LogP contribution in [0.2, 0.25) is 0 Å². The predicted octanol–water partition coefficient (Wildman–Crippen LogP) is 5.39. The number of fused-ring (bicyclic) bond motifs is 5. The lowest BCUT2D eigenvalue weighted by atomic mass is 9.94. The van der Waals surface area contributed by atoms with E-state index in [1.165, 1.54) is 0 Å². The van der Waals surface area contributed by atoms with Gasteiger partial charge in [-0.15, -0.1) is 21.5 Å². The van der Waals surface area contributed by atoms with Gasteiger partial charge in [0.05, 0.1) is 23.3 Å². The molecule has 0 N–H and O–H groups in total. The highest BCUT2D eigenvalue weighted by Gasteiger charge is 2.32. The minimum absolute atomic E-state index is 0.0283. The van der Waals surface area contributed by atoms with Gasteiger partial charge in [-0.2, -0.15) is 0 Å². The van der Waals surface area contributed by atoms with Crippen LogP contribution >= 0.6 is 23.1 Å². The minimum Gasteiger partial charge on any atom is -0.370 e. The Labute approximate surface area is 195 Å². The van der Waals surface area contributed by atoms with Crippen molar-refractivity contribution in [2.24, 2.45) is 5.92 Å². The van der Waals surface area contributed by atoms with E-state index in [9.17, 15) is 4.79 Å². The molecule has 6 nitrogen and oxygen atoms in total. The van der Waals surface area contributed by atoms with Gasteiger partial charge in [0.2, 0.25) is 5.78 Å². The van der Waals surface area contributed by atoms with Crippen molar-refractivity contribution in [2.75, 3.05) is 5.75 Å². The quantitative estimate of drug-likeness (QED) is 0.367. The van der Waals surface area contributed by atoms with E-state index in [1.807, 2.05) is 31.2 Å².